The third-order valence-corrected chi connectivity index (χ3v) is 2.00. The molecule has 0 saturated heterocycles. The molecule has 0 saturated carbocycles. The van der Waals surface area contributed by atoms with Crippen LogP contribution in [0.5, 0.6) is 0 Å². The highest BCUT2D eigenvalue weighted by Crippen LogP contribution is 2.05. The Morgan fingerprint density at radius 1 is 0.938 bits per heavy atom. The van der Waals surface area contributed by atoms with Crippen molar-refractivity contribution in [3.8, 4) is 0 Å². The molecule has 0 fully saturated rings. The van der Waals surface area contributed by atoms with Crippen LogP contribution in [0.2, 0.25) is 0 Å². The van der Waals surface area contributed by atoms with Gasteiger partial charge < -0.3 is 9.80 Å². The van der Waals surface area contributed by atoms with Gasteiger partial charge in [-0.1, -0.05) is 44.2 Å². The molecule has 2 nitrogen and oxygen atoms in total. The maximum atomic E-state index is 3.11. The maximum absolute atomic E-state index is 3.11. The molecule has 2 heteroatoms. The molecule has 0 aliphatic heterocycles. The predicted octanol–water partition coefficient (Wildman–Crippen LogP) is 2.51. The summed E-state index contributed by atoms with van der Waals surface area (Å²) in [5.41, 5.74) is 1.40. The Bertz CT molecular complexity index is 247. The van der Waals surface area contributed by atoms with E-state index in [0.29, 0.717) is 0 Å². The van der Waals surface area contributed by atoms with Crippen molar-refractivity contribution in [3.05, 3.63) is 35.9 Å². The van der Waals surface area contributed by atoms with Gasteiger partial charge in [-0.2, -0.15) is 0 Å². The van der Waals surface area contributed by atoms with Crippen LogP contribution in [0.1, 0.15) is 19.4 Å². The van der Waals surface area contributed by atoms with Gasteiger partial charge >= 0.3 is 0 Å². The molecule has 0 aromatic heterocycles. The van der Waals surface area contributed by atoms with E-state index in [0.717, 1.165) is 24.1 Å². The standard InChI is InChI=1S/C10H16N.C4H11N/c1-11(2,3)9-10-7-5-4-6-8-10;1-3-5-4-2/h4-8H,9H2,1-3H3;5H,3-4H2,1-2H3/q+1;. The van der Waals surface area contributed by atoms with E-state index in [1.807, 2.05) is 0 Å². The fourth-order valence-corrected chi connectivity index (χ4v) is 1.38. The van der Waals surface area contributed by atoms with Gasteiger partial charge in [0.05, 0.1) is 21.1 Å². The van der Waals surface area contributed by atoms with E-state index in [1.165, 1.54) is 5.56 Å². The lowest BCUT2D eigenvalue weighted by molar-refractivity contribution is -0.884. The summed E-state index contributed by atoms with van der Waals surface area (Å²) in [7, 11) is 6.60. The largest absolute Gasteiger partial charge is 0.327 e. The molecule has 1 aromatic rings. The molecule has 0 spiro atoms. The zero-order valence-electron chi connectivity index (χ0n) is 11.5. The van der Waals surface area contributed by atoms with Gasteiger partial charge in [-0.15, -0.1) is 0 Å². The van der Waals surface area contributed by atoms with Gasteiger partial charge in [-0.25, -0.2) is 0 Å². The molecular formula is C14H27N2+. The first-order chi connectivity index (χ1) is 7.49. The Hall–Kier alpha value is -0.860. The molecule has 0 heterocycles. The molecule has 0 unspecified atom stereocenters. The summed E-state index contributed by atoms with van der Waals surface area (Å²) < 4.78 is 0.990. The van der Waals surface area contributed by atoms with Gasteiger partial charge in [-0.05, 0) is 13.1 Å². The summed E-state index contributed by atoms with van der Waals surface area (Å²) in [5.74, 6) is 0. The number of nitrogens with zero attached hydrogens (tertiary/aromatic N) is 1. The molecule has 1 N–H and O–H groups in total. The molecular weight excluding hydrogens is 196 g/mol. The Morgan fingerprint density at radius 3 is 1.75 bits per heavy atom. The van der Waals surface area contributed by atoms with E-state index in [1.54, 1.807) is 0 Å². The van der Waals surface area contributed by atoms with Crippen molar-refractivity contribution in [1.82, 2.24) is 5.32 Å². The average Bonchev–Trinajstić information content (AvgIpc) is 2.19. The fourth-order valence-electron chi connectivity index (χ4n) is 1.38. The second-order valence-corrected chi connectivity index (χ2v) is 4.89. The smallest absolute Gasteiger partial charge is 0.104 e. The molecule has 1 aromatic carbocycles. The SMILES string of the molecule is CCNCC.C[N+](C)(C)Cc1ccccc1. The van der Waals surface area contributed by atoms with Crippen molar-refractivity contribution >= 4 is 0 Å². The highest BCUT2D eigenvalue weighted by molar-refractivity contribution is 5.13. The van der Waals surface area contributed by atoms with Gasteiger partial charge in [0.25, 0.3) is 0 Å². The van der Waals surface area contributed by atoms with Crippen LogP contribution >= 0.6 is 0 Å². The zero-order valence-corrected chi connectivity index (χ0v) is 11.5. The summed E-state index contributed by atoms with van der Waals surface area (Å²) in [5, 5.41) is 3.11. The lowest BCUT2D eigenvalue weighted by Gasteiger charge is -2.23. The van der Waals surface area contributed by atoms with E-state index in [-0.39, 0.29) is 0 Å². The van der Waals surface area contributed by atoms with Crippen LogP contribution in [0.4, 0.5) is 0 Å². The molecule has 1 rings (SSSR count). The molecule has 0 bridgehead atoms. The van der Waals surface area contributed by atoms with E-state index >= 15 is 0 Å². The minimum absolute atomic E-state index is 0.990. The van der Waals surface area contributed by atoms with E-state index in [9.17, 15) is 0 Å². The van der Waals surface area contributed by atoms with Crippen LogP contribution in [0.15, 0.2) is 30.3 Å². The van der Waals surface area contributed by atoms with E-state index in [2.05, 4.69) is 70.6 Å². The maximum Gasteiger partial charge on any atom is 0.104 e. The third kappa shape index (κ3) is 9.69. The Kier molecular flexibility index (Phi) is 7.86. The van der Waals surface area contributed by atoms with E-state index < -0.39 is 0 Å². The highest BCUT2D eigenvalue weighted by Gasteiger charge is 2.06. The van der Waals surface area contributed by atoms with Crippen molar-refractivity contribution in [3.63, 3.8) is 0 Å². The van der Waals surface area contributed by atoms with Gasteiger partial charge in [0.2, 0.25) is 0 Å². The first kappa shape index (κ1) is 15.1. The summed E-state index contributed by atoms with van der Waals surface area (Å²) >= 11 is 0. The van der Waals surface area contributed by atoms with Gasteiger partial charge in [0, 0.05) is 5.56 Å². The van der Waals surface area contributed by atoms with Gasteiger partial charge in [0.15, 0.2) is 0 Å². The summed E-state index contributed by atoms with van der Waals surface area (Å²) in [6.45, 7) is 7.49. The van der Waals surface area contributed by atoms with Crippen molar-refractivity contribution in [2.45, 2.75) is 20.4 Å². The first-order valence-corrected chi connectivity index (χ1v) is 6.04. The van der Waals surface area contributed by atoms with Gasteiger partial charge in [-0.3, -0.25) is 0 Å². The Morgan fingerprint density at radius 2 is 1.44 bits per heavy atom. The number of hydrogen-bond donors (Lipinski definition) is 1. The monoisotopic (exact) mass is 223 g/mol. The van der Waals surface area contributed by atoms with Gasteiger partial charge in [0.1, 0.15) is 6.54 Å². The number of rotatable bonds is 4. The molecule has 92 valence electrons. The number of quaternary nitrogens is 1. The zero-order chi connectivity index (χ0) is 12.4. The van der Waals surface area contributed by atoms with Crippen molar-refractivity contribution in [1.29, 1.82) is 0 Å². The van der Waals surface area contributed by atoms with Crippen LogP contribution in [0.25, 0.3) is 0 Å². The molecule has 0 atom stereocenters. The minimum Gasteiger partial charge on any atom is -0.327 e. The minimum atomic E-state index is 0.990. The van der Waals surface area contributed by atoms with E-state index in [4.69, 9.17) is 0 Å². The second-order valence-electron chi connectivity index (χ2n) is 4.89. The van der Waals surface area contributed by atoms with Crippen LogP contribution in [0, 0.1) is 0 Å². The molecule has 0 radical (unpaired) electrons. The second kappa shape index (κ2) is 8.31. The number of nitrogens with one attached hydrogen (secondary N) is 1. The summed E-state index contributed by atoms with van der Waals surface area (Å²) in [4.78, 5) is 0. The average molecular weight is 223 g/mol. The van der Waals surface area contributed by atoms with Crippen molar-refractivity contribution < 1.29 is 4.48 Å². The van der Waals surface area contributed by atoms with Crippen LogP contribution in [-0.4, -0.2) is 38.7 Å². The van der Waals surface area contributed by atoms with Crippen LogP contribution in [-0.2, 0) is 6.54 Å². The number of hydrogen-bond acceptors (Lipinski definition) is 1. The third-order valence-electron chi connectivity index (χ3n) is 2.00. The lowest BCUT2D eigenvalue weighted by atomic mass is 10.2. The predicted molar refractivity (Wildman–Crippen MR) is 72.4 cm³/mol. The topological polar surface area (TPSA) is 12.0 Å². The quantitative estimate of drug-likeness (QED) is 0.773. The number of benzene rings is 1. The highest BCUT2D eigenvalue weighted by atomic mass is 15.3. The fraction of sp³-hybridized carbons (Fsp3) is 0.571. The Labute approximate surface area is 101 Å². The summed E-state index contributed by atoms with van der Waals surface area (Å²) in [6.07, 6.45) is 0. The van der Waals surface area contributed by atoms with Crippen LogP contribution in [0.3, 0.4) is 0 Å². The molecule has 0 amide bonds. The summed E-state index contributed by atoms with van der Waals surface area (Å²) in [6, 6.07) is 10.6. The normalized spacial score (nSPS) is 10.6. The lowest BCUT2D eigenvalue weighted by Crippen LogP contribution is -2.33. The molecule has 0 aliphatic rings. The van der Waals surface area contributed by atoms with Crippen LogP contribution < -0.4 is 5.32 Å². The molecule has 0 aliphatic carbocycles. The first-order valence-electron chi connectivity index (χ1n) is 6.04. The molecule has 16 heavy (non-hydrogen) atoms. The van der Waals surface area contributed by atoms with Crippen molar-refractivity contribution in [2.24, 2.45) is 0 Å². The van der Waals surface area contributed by atoms with Crippen molar-refractivity contribution in [2.75, 3.05) is 34.2 Å². The Balaban J connectivity index is 0.000000385.